The first-order chi connectivity index (χ1) is 13.0. The smallest absolute Gasteiger partial charge is 0.273 e. The zero-order valence-corrected chi connectivity index (χ0v) is 15.3. The number of carbonyl (C=O) groups excluding carboxylic acids is 2. The maximum atomic E-state index is 12.2. The largest absolute Gasteiger partial charge is 0.305 e. The molecular formula is C19H16ClN5O2. The molecule has 0 unspecified atom stereocenters. The molecule has 1 aromatic carbocycles. The topological polar surface area (TPSA) is 79.0 Å². The Morgan fingerprint density at radius 1 is 1.30 bits per heavy atom. The summed E-state index contributed by atoms with van der Waals surface area (Å²) in [5.74, 6) is -0.0675. The molecule has 2 aromatic rings. The molecule has 0 fully saturated rings. The Kier molecular flexibility index (Phi) is 5.48. The van der Waals surface area contributed by atoms with Crippen LogP contribution in [0, 0.1) is 6.57 Å². The Labute approximate surface area is 161 Å². The summed E-state index contributed by atoms with van der Waals surface area (Å²) in [7, 11) is 1.53. The van der Waals surface area contributed by atoms with Crippen LogP contribution in [0.2, 0.25) is 5.02 Å². The zero-order valence-electron chi connectivity index (χ0n) is 14.6. The summed E-state index contributed by atoms with van der Waals surface area (Å²) in [4.78, 5) is 31.2. The standard InChI is InChI=1S/C19H16ClN5O2/c1-21-15-5-3-12(10-14(15)20)9-13-4-7-17(22-11-13)23-19(27)16-6-8-18(26)25(2)24-16/h3-5,7,10-11H,6,8-9H2,2H3,(H,22,23,27). The first-order valence-electron chi connectivity index (χ1n) is 8.22. The highest BCUT2D eigenvalue weighted by atomic mass is 35.5. The van der Waals surface area contributed by atoms with E-state index in [4.69, 9.17) is 18.2 Å². The van der Waals surface area contributed by atoms with Crippen molar-refractivity contribution in [2.24, 2.45) is 5.10 Å². The highest BCUT2D eigenvalue weighted by Crippen LogP contribution is 2.26. The lowest BCUT2D eigenvalue weighted by molar-refractivity contribution is -0.130. The molecule has 0 saturated heterocycles. The number of nitrogens with one attached hydrogen (secondary N) is 1. The average molecular weight is 382 g/mol. The number of hydrogen-bond donors (Lipinski definition) is 1. The van der Waals surface area contributed by atoms with Crippen LogP contribution in [-0.2, 0) is 16.0 Å². The van der Waals surface area contributed by atoms with Gasteiger partial charge in [-0.2, -0.15) is 5.10 Å². The third-order valence-electron chi connectivity index (χ3n) is 4.08. The summed E-state index contributed by atoms with van der Waals surface area (Å²) >= 11 is 6.06. The monoisotopic (exact) mass is 381 g/mol. The summed E-state index contributed by atoms with van der Waals surface area (Å²) in [5.41, 5.74) is 2.64. The fourth-order valence-electron chi connectivity index (χ4n) is 2.61. The highest BCUT2D eigenvalue weighted by molar-refractivity contribution is 6.43. The lowest BCUT2D eigenvalue weighted by Gasteiger charge is -2.18. The first-order valence-corrected chi connectivity index (χ1v) is 8.60. The van der Waals surface area contributed by atoms with Gasteiger partial charge < -0.3 is 5.32 Å². The van der Waals surface area contributed by atoms with Gasteiger partial charge in [0.2, 0.25) is 11.6 Å². The van der Waals surface area contributed by atoms with Crippen LogP contribution >= 0.6 is 11.6 Å². The number of halogens is 1. The Balaban J connectivity index is 1.64. The van der Waals surface area contributed by atoms with Gasteiger partial charge in [-0.1, -0.05) is 35.9 Å². The van der Waals surface area contributed by atoms with Gasteiger partial charge in [0.05, 0.1) is 6.57 Å². The fraction of sp³-hybridized carbons (Fsp3) is 0.211. The van der Waals surface area contributed by atoms with Crippen molar-refractivity contribution in [1.29, 1.82) is 0 Å². The van der Waals surface area contributed by atoms with Gasteiger partial charge in [0.15, 0.2) is 0 Å². The number of pyridine rings is 1. The van der Waals surface area contributed by atoms with E-state index in [-0.39, 0.29) is 18.2 Å². The van der Waals surface area contributed by atoms with E-state index in [0.717, 1.165) is 11.1 Å². The number of amides is 2. The van der Waals surface area contributed by atoms with Gasteiger partial charge in [0, 0.05) is 31.1 Å². The molecule has 27 heavy (non-hydrogen) atoms. The maximum absolute atomic E-state index is 12.2. The van der Waals surface area contributed by atoms with Crippen LogP contribution in [0.25, 0.3) is 4.85 Å². The average Bonchev–Trinajstić information content (AvgIpc) is 2.65. The molecule has 1 N–H and O–H groups in total. The second kappa shape index (κ2) is 7.98. The zero-order chi connectivity index (χ0) is 19.4. The van der Waals surface area contributed by atoms with E-state index in [0.29, 0.717) is 35.1 Å². The predicted molar refractivity (Wildman–Crippen MR) is 103 cm³/mol. The number of rotatable bonds is 4. The molecule has 136 valence electrons. The lowest BCUT2D eigenvalue weighted by atomic mass is 10.1. The minimum absolute atomic E-state index is 0.112. The molecule has 0 spiro atoms. The van der Waals surface area contributed by atoms with Gasteiger partial charge in [-0.15, -0.1) is 0 Å². The molecule has 0 aliphatic carbocycles. The molecule has 1 aliphatic heterocycles. The summed E-state index contributed by atoms with van der Waals surface area (Å²) in [6, 6.07) is 8.88. The number of carbonyl (C=O) groups is 2. The summed E-state index contributed by atoms with van der Waals surface area (Å²) < 4.78 is 0. The van der Waals surface area contributed by atoms with Crippen molar-refractivity contribution >= 4 is 40.6 Å². The van der Waals surface area contributed by atoms with Crippen LogP contribution in [0.4, 0.5) is 11.5 Å². The molecule has 1 aromatic heterocycles. The number of benzene rings is 1. The highest BCUT2D eigenvalue weighted by Gasteiger charge is 2.22. The molecule has 8 heteroatoms. The van der Waals surface area contributed by atoms with Gasteiger partial charge in [-0.3, -0.25) is 9.59 Å². The van der Waals surface area contributed by atoms with Crippen molar-refractivity contribution in [2.75, 3.05) is 12.4 Å². The molecule has 0 radical (unpaired) electrons. The SMILES string of the molecule is [C-]#[N+]c1ccc(Cc2ccc(NC(=O)C3=NN(C)C(=O)CC3)nc2)cc1Cl. The predicted octanol–water partition coefficient (Wildman–Crippen LogP) is 3.42. The van der Waals surface area contributed by atoms with Crippen LogP contribution in [0.5, 0.6) is 0 Å². The number of hydrogen-bond acceptors (Lipinski definition) is 4. The van der Waals surface area contributed by atoms with E-state index in [1.54, 1.807) is 24.4 Å². The van der Waals surface area contributed by atoms with Crippen molar-refractivity contribution in [3.05, 3.63) is 64.1 Å². The third-order valence-corrected chi connectivity index (χ3v) is 4.38. The number of nitrogens with zero attached hydrogens (tertiary/aromatic N) is 4. The second-order valence-electron chi connectivity index (χ2n) is 6.04. The molecule has 2 heterocycles. The quantitative estimate of drug-likeness (QED) is 0.824. The summed E-state index contributed by atoms with van der Waals surface area (Å²) in [5, 5.41) is 8.28. The van der Waals surface area contributed by atoms with E-state index >= 15 is 0 Å². The molecule has 2 amide bonds. The molecular weight excluding hydrogens is 366 g/mol. The van der Waals surface area contributed by atoms with Crippen molar-refractivity contribution in [3.63, 3.8) is 0 Å². The van der Waals surface area contributed by atoms with E-state index in [1.165, 1.54) is 12.1 Å². The first kappa shape index (κ1) is 18.5. The van der Waals surface area contributed by atoms with Gasteiger partial charge in [0.1, 0.15) is 11.5 Å². The second-order valence-corrected chi connectivity index (χ2v) is 6.45. The van der Waals surface area contributed by atoms with Crippen LogP contribution in [-0.4, -0.2) is 34.6 Å². The molecule has 3 rings (SSSR count). The van der Waals surface area contributed by atoms with Gasteiger partial charge in [-0.05, 0) is 23.6 Å². The van der Waals surface area contributed by atoms with Crippen molar-refractivity contribution in [2.45, 2.75) is 19.3 Å². The van der Waals surface area contributed by atoms with Crippen LogP contribution in [0.15, 0.2) is 41.6 Å². The molecule has 0 bridgehead atoms. The number of hydrazone groups is 1. The van der Waals surface area contributed by atoms with Crippen LogP contribution < -0.4 is 5.32 Å². The normalized spacial score (nSPS) is 13.7. The van der Waals surface area contributed by atoms with Gasteiger partial charge in [0.25, 0.3) is 5.91 Å². The van der Waals surface area contributed by atoms with Gasteiger partial charge >= 0.3 is 0 Å². The van der Waals surface area contributed by atoms with Crippen LogP contribution in [0.1, 0.15) is 24.0 Å². The summed E-state index contributed by atoms with van der Waals surface area (Å²) in [6.07, 6.45) is 2.86. The number of anilines is 1. The minimum Gasteiger partial charge on any atom is -0.305 e. The molecule has 0 saturated carbocycles. The summed E-state index contributed by atoms with van der Waals surface area (Å²) in [6.45, 7) is 7.02. The lowest BCUT2D eigenvalue weighted by Crippen LogP contribution is -2.34. The molecule has 1 aliphatic rings. The van der Waals surface area contributed by atoms with Crippen LogP contribution in [0.3, 0.4) is 0 Å². The maximum Gasteiger partial charge on any atom is 0.273 e. The van der Waals surface area contributed by atoms with Gasteiger partial charge in [-0.25, -0.2) is 14.8 Å². The van der Waals surface area contributed by atoms with Crippen molar-refractivity contribution in [3.8, 4) is 0 Å². The van der Waals surface area contributed by atoms with E-state index in [1.807, 2.05) is 12.1 Å². The Bertz CT molecular complexity index is 963. The van der Waals surface area contributed by atoms with Crippen molar-refractivity contribution in [1.82, 2.24) is 9.99 Å². The fourth-order valence-corrected chi connectivity index (χ4v) is 2.86. The Hall–Kier alpha value is -3.24. The van der Waals surface area contributed by atoms with Crippen molar-refractivity contribution < 1.29 is 9.59 Å². The Morgan fingerprint density at radius 2 is 2.07 bits per heavy atom. The number of aromatic nitrogens is 1. The van der Waals surface area contributed by atoms with E-state index in [9.17, 15) is 9.59 Å². The Morgan fingerprint density at radius 3 is 2.70 bits per heavy atom. The van der Waals surface area contributed by atoms with E-state index < -0.39 is 0 Å². The van der Waals surface area contributed by atoms with E-state index in [2.05, 4.69) is 20.2 Å². The molecule has 7 nitrogen and oxygen atoms in total. The minimum atomic E-state index is -0.365. The third kappa shape index (κ3) is 4.49. The molecule has 0 atom stereocenters.